The molecule has 1 aliphatic rings. The number of aliphatic hydroxyl groups is 1. The van der Waals surface area contributed by atoms with Crippen molar-refractivity contribution in [3.05, 3.63) is 65.7 Å². The first-order chi connectivity index (χ1) is 8.23. The van der Waals surface area contributed by atoms with Crippen LogP contribution >= 0.6 is 0 Å². The third-order valence-electron chi connectivity index (χ3n) is 3.40. The molecule has 1 heterocycles. The Morgan fingerprint density at radius 2 is 1.65 bits per heavy atom. The molecule has 2 atom stereocenters. The highest BCUT2D eigenvalue weighted by Crippen LogP contribution is 2.45. The minimum absolute atomic E-state index is 0.276. The lowest BCUT2D eigenvalue weighted by Gasteiger charge is -2.27. The predicted octanol–water partition coefficient (Wildman–Crippen LogP) is 2.70. The van der Waals surface area contributed by atoms with E-state index in [-0.39, 0.29) is 6.10 Å². The number of hydrogen-bond acceptors (Lipinski definition) is 2. The van der Waals surface area contributed by atoms with Crippen molar-refractivity contribution in [3.8, 4) is 5.75 Å². The highest BCUT2D eigenvalue weighted by molar-refractivity contribution is 5.49. The van der Waals surface area contributed by atoms with E-state index in [1.54, 1.807) is 0 Å². The first kappa shape index (κ1) is 10.4. The Kier molecular flexibility index (Phi) is 2.20. The van der Waals surface area contributed by atoms with Crippen molar-refractivity contribution in [1.82, 2.24) is 0 Å². The Labute approximate surface area is 100 Å². The molecule has 0 saturated carbocycles. The Hall–Kier alpha value is -1.80. The van der Waals surface area contributed by atoms with E-state index in [2.05, 4.69) is 0 Å². The summed E-state index contributed by atoms with van der Waals surface area (Å²) < 4.78 is 5.73. The molecule has 0 fully saturated rings. The van der Waals surface area contributed by atoms with Crippen molar-refractivity contribution in [2.24, 2.45) is 0 Å². The molecule has 2 unspecified atom stereocenters. The highest BCUT2D eigenvalue weighted by atomic mass is 16.5. The van der Waals surface area contributed by atoms with Gasteiger partial charge in [-0.3, -0.25) is 0 Å². The van der Waals surface area contributed by atoms with Crippen LogP contribution in [0, 0.1) is 0 Å². The number of hydrogen-bond donors (Lipinski definition) is 1. The van der Waals surface area contributed by atoms with Gasteiger partial charge >= 0.3 is 0 Å². The maximum absolute atomic E-state index is 11.0. The topological polar surface area (TPSA) is 29.5 Å². The van der Waals surface area contributed by atoms with Crippen LogP contribution in [0.3, 0.4) is 0 Å². The molecule has 0 spiro atoms. The van der Waals surface area contributed by atoms with Crippen molar-refractivity contribution in [1.29, 1.82) is 0 Å². The quantitative estimate of drug-likeness (QED) is 0.810. The molecular formula is C15H14O2. The maximum Gasteiger partial charge on any atom is 0.155 e. The largest absolute Gasteiger partial charge is 0.487 e. The summed E-state index contributed by atoms with van der Waals surface area (Å²) in [6.45, 7) is 1.90. The van der Waals surface area contributed by atoms with Crippen LogP contribution in [0.2, 0.25) is 0 Å². The second-order valence-electron chi connectivity index (χ2n) is 4.39. The van der Waals surface area contributed by atoms with Crippen LogP contribution < -0.4 is 4.74 Å². The molecule has 0 radical (unpaired) electrons. The van der Waals surface area contributed by atoms with Crippen molar-refractivity contribution < 1.29 is 9.84 Å². The van der Waals surface area contributed by atoms with Crippen molar-refractivity contribution in [2.45, 2.75) is 18.6 Å². The summed E-state index contributed by atoms with van der Waals surface area (Å²) in [6.07, 6.45) is -0.276. The Balaban J connectivity index is 2.20. The smallest absolute Gasteiger partial charge is 0.155 e. The minimum Gasteiger partial charge on any atom is -0.487 e. The average molecular weight is 226 g/mol. The molecule has 0 aromatic heterocycles. The van der Waals surface area contributed by atoms with Gasteiger partial charge in [0, 0.05) is 5.56 Å². The fraction of sp³-hybridized carbons (Fsp3) is 0.200. The van der Waals surface area contributed by atoms with Crippen LogP contribution in [0.5, 0.6) is 5.75 Å². The molecule has 1 N–H and O–H groups in total. The number of para-hydroxylation sites is 1. The zero-order valence-electron chi connectivity index (χ0n) is 9.63. The first-order valence-electron chi connectivity index (χ1n) is 5.77. The van der Waals surface area contributed by atoms with E-state index in [1.165, 1.54) is 0 Å². The van der Waals surface area contributed by atoms with Gasteiger partial charge in [0.1, 0.15) is 11.9 Å². The molecule has 2 nitrogen and oxygen atoms in total. The summed E-state index contributed by atoms with van der Waals surface area (Å²) in [5, 5.41) is 11.0. The third kappa shape index (κ3) is 1.38. The highest BCUT2D eigenvalue weighted by Gasteiger charge is 2.46. The van der Waals surface area contributed by atoms with E-state index in [9.17, 15) is 5.11 Å². The molecule has 0 aliphatic carbocycles. The lowest BCUT2D eigenvalue weighted by molar-refractivity contribution is 0.00393. The minimum atomic E-state index is -1.04. The molecule has 1 aliphatic heterocycles. The Bertz CT molecular complexity index is 536. The molecule has 3 rings (SSSR count). The molecule has 2 heteroatoms. The lowest BCUT2D eigenvalue weighted by atomic mass is 9.84. The Morgan fingerprint density at radius 3 is 2.41 bits per heavy atom. The van der Waals surface area contributed by atoms with E-state index >= 15 is 0 Å². The summed E-state index contributed by atoms with van der Waals surface area (Å²) >= 11 is 0. The molecule has 2 aromatic rings. The average Bonchev–Trinajstić information content (AvgIpc) is 2.64. The standard InChI is InChI=1S/C15H14O2/c1-11-15(16,12-7-3-2-4-8-12)13-9-5-6-10-14(13)17-11/h2-11,16H,1H3. The van der Waals surface area contributed by atoms with Gasteiger partial charge in [-0.1, -0.05) is 48.5 Å². The van der Waals surface area contributed by atoms with Crippen molar-refractivity contribution >= 4 is 0 Å². The van der Waals surface area contributed by atoms with Crippen LogP contribution in [0.4, 0.5) is 0 Å². The van der Waals surface area contributed by atoms with E-state index < -0.39 is 5.60 Å². The van der Waals surface area contributed by atoms with Crippen molar-refractivity contribution in [2.75, 3.05) is 0 Å². The zero-order chi connectivity index (χ0) is 11.9. The van der Waals surface area contributed by atoms with E-state index in [0.29, 0.717) is 0 Å². The fourth-order valence-corrected chi connectivity index (χ4v) is 2.46. The molecule has 0 saturated heterocycles. The van der Waals surface area contributed by atoms with Gasteiger partial charge in [-0.15, -0.1) is 0 Å². The second-order valence-corrected chi connectivity index (χ2v) is 4.39. The monoisotopic (exact) mass is 226 g/mol. The fourth-order valence-electron chi connectivity index (χ4n) is 2.46. The van der Waals surface area contributed by atoms with Crippen molar-refractivity contribution in [3.63, 3.8) is 0 Å². The first-order valence-corrected chi connectivity index (χ1v) is 5.77. The van der Waals surface area contributed by atoms with Gasteiger partial charge in [0.25, 0.3) is 0 Å². The number of benzene rings is 2. The molecule has 0 bridgehead atoms. The summed E-state index contributed by atoms with van der Waals surface area (Å²) in [5.74, 6) is 0.770. The summed E-state index contributed by atoms with van der Waals surface area (Å²) in [5.41, 5.74) is 0.675. The number of ether oxygens (including phenoxy) is 1. The van der Waals surface area contributed by atoms with Crippen LogP contribution in [-0.4, -0.2) is 11.2 Å². The number of rotatable bonds is 1. The van der Waals surface area contributed by atoms with E-state index in [4.69, 9.17) is 4.74 Å². The number of fused-ring (bicyclic) bond motifs is 1. The van der Waals surface area contributed by atoms with E-state index in [1.807, 2.05) is 61.5 Å². The van der Waals surface area contributed by atoms with Gasteiger partial charge in [0.05, 0.1) is 0 Å². The van der Waals surface area contributed by atoms with Crippen LogP contribution in [-0.2, 0) is 5.60 Å². The summed E-state index contributed by atoms with van der Waals surface area (Å²) in [4.78, 5) is 0. The molecular weight excluding hydrogens is 212 g/mol. The third-order valence-corrected chi connectivity index (χ3v) is 3.40. The van der Waals surface area contributed by atoms with Gasteiger partial charge in [-0.25, -0.2) is 0 Å². The summed E-state index contributed by atoms with van der Waals surface area (Å²) in [6, 6.07) is 17.3. The van der Waals surface area contributed by atoms with Crippen LogP contribution in [0.1, 0.15) is 18.1 Å². The SMILES string of the molecule is CC1Oc2ccccc2C1(O)c1ccccc1. The molecule has 2 aromatic carbocycles. The van der Waals surface area contributed by atoms with Gasteiger partial charge in [0.2, 0.25) is 0 Å². The Morgan fingerprint density at radius 1 is 1.00 bits per heavy atom. The second kappa shape index (κ2) is 3.60. The molecule has 86 valence electrons. The van der Waals surface area contributed by atoms with Crippen LogP contribution in [0.15, 0.2) is 54.6 Å². The lowest BCUT2D eigenvalue weighted by Crippen LogP contribution is -2.36. The normalized spacial score (nSPS) is 26.4. The predicted molar refractivity (Wildman–Crippen MR) is 66.0 cm³/mol. The van der Waals surface area contributed by atoms with Gasteiger partial charge in [0.15, 0.2) is 5.60 Å². The van der Waals surface area contributed by atoms with Gasteiger partial charge in [-0.05, 0) is 18.6 Å². The van der Waals surface area contributed by atoms with E-state index in [0.717, 1.165) is 16.9 Å². The van der Waals surface area contributed by atoms with Crippen LogP contribution in [0.25, 0.3) is 0 Å². The summed E-state index contributed by atoms with van der Waals surface area (Å²) in [7, 11) is 0. The molecule has 0 amide bonds. The maximum atomic E-state index is 11.0. The van der Waals surface area contributed by atoms with Gasteiger partial charge < -0.3 is 9.84 Å². The zero-order valence-corrected chi connectivity index (χ0v) is 9.63. The van der Waals surface area contributed by atoms with Gasteiger partial charge in [-0.2, -0.15) is 0 Å². The molecule has 17 heavy (non-hydrogen) atoms.